The van der Waals surface area contributed by atoms with Crippen LogP contribution in [0.1, 0.15) is 16.8 Å². The molecule has 9 heteroatoms. The molecule has 0 bridgehead atoms. The van der Waals surface area contributed by atoms with Crippen molar-refractivity contribution in [1.82, 2.24) is 9.80 Å². The van der Waals surface area contributed by atoms with E-state index in [1.807, 2.05) is 0 Å². The van der Waals surface area contributed by atoms with Crippen molar-refractivity contribution in [3.63, 3.8) is 0 Å². The van der Waals surface area contributed by atoms with Crippen LogP contribution in [0.15, 0.2) is 48.5 Å². The van der Waals surface area contributed by atoms with E-state index in [0.717, 1.165) is 0 Å². The van der Waals surface area contributed by atoms with Crippen molar-refractivity contribution in [2.45, 2.75) is 6.42 Å². The molecule has 29 heavy (non-hydrogen) atoms. The zero-order valence-electron chi connectivity index (χ0n) is 15.7. The van der Waals surface area contributed by atoms with Gasteiger partial charge in [-0.15, -0.1) is 0 Å². The fourth-order valence-electron chi connectivity index (χ4n) is 3.13. The Morgan fingerprint density at radius 1 is 1.07 bits per heavy atom. The Labute approximate surface area is 167 Å². The number of carbonyl (C=O) groups is 2. The molecule has 0 spiro atoms. The van der Waals surface area contributed by atoms with Gasteiger partial charge in [0.05, 0.1) is 4.92 Å². The maximum atomic E-state index is 13.0. The summed E-state index contributed by atoms with van der Waals surface area (Å²) in [4.78, 5) is 38.6. The van der Waals surface area contributed by atoms with Crippen LogP contribution in [0.4, 0.5) is 15.8 Å². The summed E-state index contributed by atoms with van der Waals surface area (Å²) in [5.74, 6) is -0.738. The summed E-state index contributed by atoms with van der Waals surface area (Å²) in [6.07, 6.45) is 0.245. The van der Waals surface area contributed by atoms with Crippen LogP contribution in [0.2, 0.25) is 0 Å². The van der Waals surface area contributed by atoms with Crippen LogP contribution in [-0.2, 0) is 4.79 Å². The largest absolute Gasteiger partial charge is 0.336 e. The molecule has 1 aliphatic heterocycles. The first kappa shape index (κ1) is 20.4. The smallest absolute Gasteiger partial charge is 0.271 e. The summed E-state index contributed by atoms with van der Waals surface area (Å²) in [7, 11) is 0. The first-order chi connectivity index (χ1) is 13.9. The SMILES string of the molecule is O=C(CCN1CCN(C(=O)c2ccc(F)cc2)CC1)Nc1cccc([N+](=O)[O-])c1. The van der Waals surface area contributed by atoms with Gasteiger partial charge in [0.25, 0.3) is 11.6 Å². The van der Waals surface area contributed by atoms with E-state index < -0.39 is 4.92 Å². The van der Waals surface area contributed by atoms with Crippen molar-refractivity contribution >= 4 is 23.2 Å². The van der Waals surface area contributed by atoms with Crippen molar-refractivity contribution < 1.29 is 18.9 Å². The normalized spacial score (nSPS) is 14.4. The van der Waals surface area contributed by atoms with E-state index in [9.17, 15) is 24.1 Å². The van der Waals surface area contributed by atoms with Gasteiger partial charge < -0.3 is 10.2 Å². The van der Waals surface area contributed by atoms with Crippen molar-refractivity contribution in [2.24, 2.45) is 0 Å². The highest BCUT2D eigenvalue weighted by Gasteiger charge is 2.22. The van der Waals surface area contributed by atoms with Gasteiger partial charge in [0.1, 0.15) is 5.82 Å². The Morgan fingerprint density at radius 3 is 2.41 bits per heavy atom. The summed E-state index contributed by atoms with van der Waals surface area (Å²) in [6, 6.07) is 11.3. The molecule has 0 unspecified atom stereocenters. The van der Waals surface area contributed by atoms with Crippen LogP contribution in [-0.4, -0.2) is 59.3 Å². The van der Waals surface area contributed by atoms with Crippen molar-refractivity contribution in [3.8, 4) is 0 Å². The van der Waals surface area contributed by atoms with Crippen LogP contribution in [0.3, 0.4) is 0 Å². The van der Waals surface area contributed by atoms with E-state index >= 15 is 0 Å². The molecule has 152 valence electrons. The van der Waals surface area contributed by atoms with E-state index in [0.29, 0.717) is 44.0 Å². The number of nitro groups is 1. The average Bonchev–Trinajstić information content (AvgIpc) is 2.73. The Bertz CT molecular complexity index is 896. The van der Waals surface area contributed by atoms with Crippen LogP contribution in [0.25, 0.3) is 0 Å². The Kier molecular flexibility index (Phi) is 6.50. The molecule has 1 aliphatic rings. The first-order valence-corrected chi connectivity index (χ1v) is 9.24. The number of hydrogen-bond acceptors (Lipinski definition) is 5. The summed E-state index contributed by atoms with van der Waals surface area (Å²) in [5, 5.41) is 13.5. The number of nitrogens with one attached hydrogen (secondary N) is 1. The van der Waals surface area contributed by atoms with Crippen LogP contribution in [0.5, 0.6) is 0 Å². The van der Waals surface area contributed by atoms with Gasteiger partial charge in [-0.2, -0.15) is 0 Å². The molecule has 1 N–H and O–H groups in total. The molecule has 1 saturated heterocycles. The van der Waals surface area contributed by atoms with Gasteiger partial charge >= 0.3 is 0 Å². The van der Waals surface area contributed by atoms with Crippen molar-refractivity contribution in [3.05, 3.63) is 70.0 Å². The van der Waals surface area contributed by atoms with Gasteiger partial charge in [0.15, 0.2) is 0 Å². The quantitative estimate of drug-likeness (QED) is 0.594. The fourth-order valence-corrected chi connectivity index (χ4v) is 3.13. The zero-order chi connectivity index (χ0) is 20.8. The monoisotopic (exact) mass is 400 g/mol. The van der Waals surface area contributed by atoms with Gasteiger partial charge in [-0.3, -0.25) is 24.6 Å². The molecule has 2 amide bonds. The maximum absolute atomic E-state index is 13.0. The highest BCUT2D eigenvalue weighted by Crippen LogP contribution is 2.17. The molecule has 0 aromatic heterocycles. The highest BCUT2D eigenvalue weighted by atomic mass is 19.1. The summed E-state index contributed by atoms with van der Waals surface area (Å²) < 4.78 is 13.0. The highest BCUT2D eigenvalue weighted by molar-refractivity contribution is 5.94. The predicted octanol–water partition coefficient (Wildman–Crippen LogP) is 2.52. The van der Waals surface area contributed by atoms with E-state index in [1.165, 1.54) is 42.5 Å². The minimum absolute atomic E-state index is 0.0789. The molecule has 0 radical (unpaired) electrons. The molecule has 0 saturated carbocycles. The van der Waals surface area contributed by atoms with Gasteiger partial charge in [0.2, 0.25) is 5.91 Å². The standard InChI is InChI=1S/C20H21FN4O4/c21-16-6-4-15(5-7-16)20(27)24-12-10-23(11-13-24)9-8-19(26)22-17-2-1-3-18(14-17)25(28)29/h1-7,14H,8-13H2,(H,22,26). The molecular weight excluding hydrogens is 379 g/mol. The lowest BCUT2D eigenvalue weighted by atomic mass is 10.1. The molecule has 3 rings (SSSR count). The minimum atomic E-state index is -0.512. The third kappa shape index (κ3) is 5.58. The number of halogens is 1. The fraction of sp³-hybridized carbons (Fsp3) is 0.300. The van der Waals surface area contributed by atoms with Gasteiger partial charge in [-0.05, 0) is 30.3 Å². The third-order valence-corrected chi connectivity index (χ3v) is 4.75. The van der Waals surface area contributed by atoms with Gasteiger partial charge in [0, 0.05) is 62.5 Å². The van der Waals surface area contributed by atoms with E-state index in [1.54, 1.807) is 11.0 Å². The van der Waals surface area contributed by atoms with Crippen LogP contribution >= 0.6 is 0 Å². The van der Waals surface area contributed by atoms with E-state index in [4.69, 9.17) is 0 Å². The summed E-state index contributed by atoms with van der Waals surface area (Å²) in [5.41, 5.74) is 0.764. The number of benzene rings is 2. The lowest BCUT2D eigenvalue weighted by Crippen LogP contribution is -2.49. The number of nitro benzene ring substituents is 1. The minimum Gasteiger partial charge on any atom is -0.336 e. The van der Waals surface area contributed by atoms with Crippen molar-refractivity contribution in [2.75, 3.05) is 38.0 Å². The topological polar surface area (TPSA) is 95.8 Å². The lowest BCUT2D eigenvalue weighted by Gasteiger charge is -2.34. The second-order valence-electron chi connectivity index (χ2n) is 6.75. The van der Waals surface area contributed by atoms with Crippen LogP contribution < -0.4 is 5.32 Å². The number of carbonyl (C=O) groups excluding carboxylic acids is 2. The Hall–Kier alpha value is -3.33. The third-order valence-electron chi connectivity index (χ3n) is 4.75. The second-order valence-corrected chi connectivity index (χ2v) is 6.75. The molecule has 8 nitrogen and oxygen atoms in total. The molecule has 0 aliphatic carbocycles. The molecule has 0 atom stereocenters. The Balaban J connectivity index is 1.43. The lowest BCUT2D eigenvalue weighted by molar-refractivity contribution is -0.384. The Morgan fingerprint density at radius 2 is 1.76 bits per heavy atom. The number of piperazine rings is 1. The number of nitrogens with zero attached hydrogens (tertiary/aromatic N) is 3. The first-order valence-electron chi connectivity index (χ1n) is 9.24. The second kappa shape index (κ2) is 9.24. The van der Waals surface area contributed by atoms with Gasteiger partial charge in [-0.25, -0.2) is 4.39 Å². The number of anilines is 1. The summed E-state index contributed by atoms with van der Waals surface area (Å²) in [6.45, 7) is 2.86. The average molecular weight is 400 g/mol. The maximum Gasteiger partial charge on any atom is 0.271 e. The molecule has 2 aromatic carbocycles. The molecule has 1 fully saturated rings. The molecule has 2 aromatic rings. The summed E-state index contributed by atoms with van der Waals surface area (Å²) >= 11 is 0. The van der Waals surface area contributed by atoms with Gasteiger partial charge in [-0.1, -0.05) is 6.07 Å². The van der Waals surface area contributed by atoms with Crippen molar-refractivity contribution in [1.29, 1.82) is 0 Å². The number of amides is 2. The predicted molar refractivity (Wildman–Crippen MR) is 105 cm³/mol. The number of rotatable bonds is 6. The molecule has 1 heterocycles. The van der Waals surface area contributed by atoms with Crippen LogP contribution in [0, 0.1) is 15.9 Å². The molecular formula is C20H21FN4O4. The number of hydrogen-bond donors (Lipinski definition) is 1. The van der Waals surface area contributed by atoms with E-state index in [2.05, 4.69) is 10.2 Å². The number of non-ortho nitro benzene ring substituents is 1. The zero-order valence-corrected chi connectivity index (χ0v) is 15.7. The van der Waals surface area contributed by atoms with E-state index in [-0.39, 0.29) is 29.7 Å².